The zero-order chi connectivity index (χ0) is 16.5. The molecule has 0 aromatic carbocycles. The van der Waals surface area contributed by atoms with E-state index in [-0.39, 0.29) is 0 Å². The molecule has 1 unspecified atom stereocenters. The molecular weight excluding hydrogens is 310 g/mol. The third-order valence-electron chi connectivity index (χ3n) is 3.68. The molecule has 23 heavy (non-hydrogen) atoms. The van der Waals surface area contributed by atoms with E-state index in [0.717, 1.165) is 56.9 Å². The van der Waals surface area contributed by atoms with Crippen molar-refractivity contribution < 1.29 is 4.74 Å². The normalized spacial score (nSPS) is 18.0. The van der Waals surface area contributed by atoms with Gasteiger partial charge in [0.2, 0.25) is 0 Å². The van der Waals surface area contributed by atoms with Crippen LogP contribution in [0.2, 0.25) is 0 Å². The average molecular weight is 340 g/mol. The third kappa shape index (κ3) is 6.85. The second-order valence-electron chi connectivity index (χ2n) is 5.96. The van der Waals surface area contributed by atoms with Crippen LogP contribution in [0.15, 0.2) is 11.2 Å². The van der Waals surface area contributed by atoms with E-state index in [9.17, 15) is 0 Å². The number of rotatable bonds is 7. The van der Waals surface area contributed by atoms with E-state index in [0.29, 0.717) is 12.5 Å². The van der Waals surface area contributed by atoms with Crippen LogP contribution >= 0.6 is 11.3 Å². The number of nitrogens with zero attached hydrogens (tertiary/aromatic N) is 3. The van der Waals surface area contributed by atoms with Gasteiger partial charge in [-0.1, -0.05) is 6.92 Å². The zero-order valence-electron chi connectivity index (χ0n) is 14.5. The fraction of sp³-hybridized carbons (Fsp3) is 0.750. The molecule has 1 aliphatic heterocycles. The molecule has 0 amide bonds. The number of ether oxygens (including phenoxy) is 1. The monoisotopic (exact) mass is 339 g/mol. The Morgan fingerprint density at radius 3 is 2.87 bits per heavy atom. The van der Waals surface area contributed by atoms with Gasteiger partial charge in [0.1, 0.15) is 5.01 Å². The molecule has 1 atom stereocenters. The van der Waals surface area contributed by atoms with Crippen molar-refractivity contribution >= 4 is 17.3 Å². The molecule has 0 aliphatic carbocycles. The van der Waals surface area contributed by atoms with Crippen molar-refractivity contribution in [1.29, 1.82) is 0 Å². The molecule has 1 aromatic heterocycles. The lowest BCUT2D eigenvalue weighted by molar-refractivity contribution is 0.0320. The Morgan fingerprint density at radius 2 is 2.22 bits per heavy atom. The maximum Gasteiger partial charge on any atom is 0.191 e. The van der Waals surface area contributed by atoms with E-state index >= 15 is 0 Å². The van der Waals surface area contributed by atoms with Crippen LogP contribution in [-0.4, -0.2) is 61.8 Å². The van der Waals surface area contributed by atoms with Crippen LogP contribution in [0.25, 0.3) is 0 Å². The van der Waals surface area contributed by atoms with E-state index in [1.807, 2.05) is 6.20 Å². The first-order valence-corrected chi connectivity index (χ1v) is 9.22. The Hall–Kier alpha value is -1.18. The molecule has 1 saturated heterocycles. The fourth-order valence-electron chi connectivity index (χ4n) is 2.52. The maximum atomic E-state index is 5.40. The fourth-order valence-corrected chi connectivity index (χ4v) is 3.23. The van der Waals surface area contributed by atoms with Crippen LogP contribution in [-0.2, 0) is 11.3 Å². The van der Waals surface area contributed by atoms with Crippen LogP contribution in [0.5, 0.6) is 0 Å². The highest BCUT2D eigenvalue weighted by molar-refractivity contribution is 7.11. The maximum absolute atomic E-state index is 5.40. The Balaban J connectivity index is 1.76. The summed E-state index contributed by atoms with van der Waals surface area (Å²) in [4.78, 5) is 12.7. The summed E-state index contributed by atoms with van der Waals surface area (Å²) in [6.45, 7) is 13.7. The van der Waals surface area contributed by atoms with E-state index < -0.39 is 0 Å². The summed E-state index contributed by atoms with van der Waals surface area (Å²) >= 11 is 1.70. The average Bonchev–Trinajstić information content (AvgIpc) is 2.96. The molecule has 2 N–H and O–H groups in total. The summed E-state index contributed by atoms with van der Waals surface area (Å²) in [6.07, 6.45) is 1.90. The highest BCUT2D eigenvalue weighted by atomic mass is 32.1. The van der Waals surface area contributed by atoms with Crippen molar-refractivity contribution in [3.63, 3.8) is 0 Å². The van der Waals surface area contributed by atoms with Gasteiger partial charge in [0, 0.05) is 43.8 Å². The number of aromatic nitrogens is 1. The lowest BCUT2D eigenvalue weighted by Crippen LogP contribution is -2.44. The number of morpholine rings is 1. The molecule has 2 rings (SSSR count). The third-order valence-corrected chi connectivity index (χ3v) is 4.57. The van der Waals surface area contributed by atoms with Gasteiger partial charge in [-0.15, -0.1) is 11.3 Å². The molecule has 130 valence electrons. The predicted octanol–water partition coefficient (Wildman–Crippen LogP) is 1.47. The molecule has 0 spiro atoms. The molecule has 1 fully saturated rings. The molecule has 1 aliphatic rings. The number of guanidine groups is 1. The number of hydrogen-bond donors (Lipinski definition) is 2. The lowest BCUT2D eigenvalue weighted by atomic mass is 10.1. The van der Waals surface area contributed by atoms with Crippen LogP contribution < -0.4 is 10.6 Å². The number of hydrogen-bond acceptors (Lipinski definition) is 5. The number of aryl methyl sites for hydroxylation is 1. The van der Waals surface area contributed by atoms with Gasteiger partial charge in [-0.2, -0.15) is 0 Å². The topological polar surface area (TPSA) is 61.8 Å². The summed E-state index contributed by atoms with van der Waals surface area (Å²) in [5.74, 6) is 1.44. The van der Waals surface area contributed by atoms with Crippen molar-refractivity contribution in [2.45, 2.75) is 27.3 Å². The van der Waals surface area contributed by atoms with Crippen molar-refractivity contribution in [3.8, 4) is 0 Å². The van der Waals surface area contributed by atoms with Crippen LogP contribution in [0.1, 0.15) is 23.7 Å². The smallest absolute Gasteiger partial charge is 0.191 e. The van der Waals surface area contributed by atoms with Crippen LogP contribution in [0, 0.1) is 12.8 Å². The quantitative estimate of drug-likeness (QED) is 0.582. The van der Waals surface area contributed by atoms with Crippen molar-refractivity contribution in [3.05, 3.63) is 16.1 Å². The molecule has 0 radical (unpaired) electrons. The minimum atomic E-state index is 0.569. The minimum absolute atomic E-state index is 0.569. The highest BCUT2D eigenvalue weighted by Crippen LogP contribution is 2.11. The molecule has 2 heterocycles. The van der Waals surface area contributed by atoms with E-state index in [4.69, 9.17) is 4.74 Å². The number of thiazole rings is 1. The molecule has 1 aromatic rings. The standard InChI is InChI=1S/C16H29N5OS/c1-4-17-16(20-11-15-18-10-14(3)23-15)19-9-13(2)12-21-5-7-22-8-6-21/h10,13H,4-9,11-12H2,1-3H3,(H2,17,19,20). The first-order valence-electron chi connectivity index (χ1n) is 8.41. The Kier molecular flexibility index (Phi) is 7.78. The first kappa shape index (κ1) is 18.2. The summed E-state index contributed by atoms with van der Waals surface area (Å²) < 4.78 is 5.40. The van der Waals surface area contributed by atoms with Crippen molar-refractivity contribution in [1.82, 2.24) is 20.5 Å². The molecular formula is C16H29N5OS. The van der Waals surface area contributed by atoms with E-state index in [1.165, 1.54) is 4.88 Å². The van der Waals surface area contributed by atoms with Crippen LogP contribution in [0.3, 0.4) is 0 Å². The number of nitrogens with one attached hydrogen (secondary N) is 2. The Labute approximate surface area is 143 Å². The summed E-state index contributed by atoms with van der Waals surface area (Å²) in [5, 5.41) is 7.80. The van der Waals surface area contributed by atoms with Gasteiger partial charge >= 0.3 is 0 Å². The van der Waals surface area contributed by atoms with Gasteiger partial charge in [-0.05, 0) is 19.8 Å². The SMILES string of the molecule is CCNC(=NCc1ncc(C)s1)NCC(C)CN1CCOCC1. The van der Waals surface area contributed by atoms with Gasteiger partial charge in [-0.3, -0.25) is 4.90 Å². The Bertz CT molecular complexity index is 485. The van der Waals surface area contributed by atoms with Gasteiger partial charge < -0.3 is 15.4 Å². The van der Waals surface area contributed by atoms with Gasteiger partial charge in [0.15, 0.2) is 5.96 Å². The molecule has 0 saturated carbocycles. The van der Waals surface area contributed by atoms with E-state index in [2.05, 4.69) is 46.3 Å². The predicted molar refractivity (Wildman–Crippen MR) is 96.1 cm³/mol. The van der Waals surface area contributed by atoms with E-state index in [1.54, 1.807) is 11.3 Å². The highest BCUT2D eigenvalue weighted by Gasteiger charge is 2.13. The summed E-state index contributed by atoms with van der Waals surface area (Å²) in [7, 11) is 0. The minimum Gasteiger partial charge on any atom is -0.379 e. The van der Waals surface area contributed by atoms with Gasteiger partial charge in [0.05, 0.1) is 19.8 Å². The molecule has 0 bridgehead atoms. The van der Waals surface area contributed by atoms with Crippen molar-refractivity contribution in [2.75, 3.05) is 45.9 Å². The second-order valence-corrected chi connectivity index (χ2v) is 7.28. The number of aliphatic imine (C=N–C) groups is 1. The lowest BCUT2D eigenvalue weighted by Gasteiger charge is -2.29. The van der Waals surface area contributed by atoms with Gasteiger partial charge in [-0.25, -0.2) is 9.98 Å². The summed E-state index contributed by atoms with van der Waals surface area (Å²) in [5.41, 5.74) is 0. The van der Waals surface area contributed by atoms with Crippen LogP contribution in [0.4, 0.5) is 0 Å². The Morgan fingerprint density at radius 1 is 1.43 bits per heavy atom. The molecule has 7 heteroatoms. The second kappa shape index (κ2) is 9.85. The first-order chi connectivity index (χ1) is 11.2. The van der Waals surface area contributed by atoms with Gasteiger partial charge in [0.25, 0.3) is 0 Å². The zero-order valence-corrected chi connectivity index (χ0v) is 15.3. The molecule has 6 nitrogen and oxygen atoms in total. The summed E-state index contributed by atoms with van der Waals surface area (Å²) in [6, 6.07) is 0. The largest absolute Gasteiger partial charge is 0.379 e. The van der Waals surface area contributed by atoms with Crippen molar-refractivity contribution in [2.24, 2.45) is 10.9 Å².